The minimum absolute atomic E-state index is 0.358. The molecule has 1 aliphatic rings. The number of aromatic nitrogens is 2. The number of unbranched alkanes of at least 4 members (excludes halogenated alkanes) is 1. The van der Waals surface area contributed by atoms with Crippen LogP contribution >= 0.6 is 0 Å². The lowest BCUT2D eigenvalue weighted by atomic mass is 10.1. The number of hydrogen-bond donors (Lipinski definition) is 0. The van der Waals surface area contributed by atoms with Crippen LogP contribution in [0.25, 0.3) is 11.0 Å². The number of rotatable bonds is 8. The SMILES string of the molecule is Cc1ccc(OCCCCn2c(C(C)N3CCCCCC3)nc3ccccc32)c(C)c1. The molecule has 0 N–H and O–H groups in total. The molecule has 0 amide bonds. The molecule has 1 fully saturated rings. The fourth-order valence-electron chi connectivity index (χ4n) is 4.81. The highest BCUT2D eigenvalue weighted by molar-refractivity contribution is 5.76. The predicted molar refractivity (Wildman–Crippen MR) is 129 cm³/mol. The molecule has 4 heteroatoms. The van der Waals surface area contributed by atoms with Gasteiger partial charge in [-0.15, -0.1) is 0 Å². The summed E-state index contributed by atoms with van der Waals surface area (Å²) in [5, 5.41) is 0. The third kappa shape index (κ3) is 5.30. The fraction of sp³-hybridized carbons (Fsp3) is 0.519. The van der Waals surface area contributed by atoms with Crippen molar-refractivity contribution in [1.82, 2.24) is 14.5 Å². The van der Waals surface area contributed by atoms with Gasteiger partial charge < -0.3 is 9.30 Å². The van der Waals surface area contributed by atoms with E-state index in [9.17, 15) is 0 Å². The number of ether oxygens (including phenoxy) is 1. The average Bonchev–Trinajstić information content (AvgIpc) is 2.93. The molecule has 0 bridgehead atoms. The van der Waals surface area contributed by atoms with Gasteiger partial charge in [0.05, 0.1) is 23.7 Å². The van der Waals surface area contributed by atoms with Gasteiger partial charge in [-0.05, 0) is 83.3 Å². The lowest BCUT2D eigenvalue weighted by Crippen LogP contribution is -2.30. The van der Waals surface area contributed by atoms with Crippen molar-refractivity contribution < 1.29 is 4.74 Å². The summed E-state index contributed by atoms with van der Waals surface area (Å²) >= 11 is 0. The van der Waals surface area contributed by atoms with Crippen LogP contribution < -0.4 is 4.74 Å². The van der Waals surface area contributed by atoms with Crippen molar-refractivity contribution in [3.63, 3.8) is 0 Å². The second-order valence-electron chi connectivity index (χ2n) is 9.06. The molecule has 1 saturated heterocycles. The van der Waals surface area contributed by atoms with Gasteiger partial charge in [-0.1, -0.05) is 42.7 Å². The molecule has 166 valence electrons. The highest BCUT2D eigenvalue weighted by atomic mass is 16.5. The highest BCUT2D eigenvalue weighted by Gasteiger charge is 2.23. The summed E-state index contributed by atoms with van der Waals surface area (Å²) in [7, 11) is 0. The lowest BCUT2D eigenvalue weighted by Gasteiger charge is -2.27. The molecule has 0 saturated carbocycles. The van der Waals surface area contributed by atoms with Crippen molar-refractivity contribution in [1.29, 1.82) is 0 Å². The summed E-state index contributed by atoms with van der Waals surface area (Å²) in [6.07, 6.45) is 7.46. The fourth-order valence-corrected chi connectivity index (χ4v) is 4.81. The molecule has 1 atom stereocenters. The third-order valence-corrected chi connectivity index (χ3v) is 6.61. The van der Waals surface area contributed by atoms with E-state index in [1.165, 1.54) is 61.2 Å². The number of para-hydroxylation sites is 2. The van der Waals surface area contributed by atoms with Crippen LogP contribution in [0.2, 0.25) is 0 Å². The van der Waals surface area contributed by atoms with Gasteiger partial charge in [0.2, 0.25) is 0 Å². The quantitative estimate of drug-likeness (QED) is 0.393. The summed E-state index contributed by atoms with van der Waals surface area (Å²) < 4.78 is 8.51. The molecule has 0 radical (unpaired) electrons. The van der Waals surface area contributed by atoms with E-state index < -0.39 is 0 Å². The maximum Gasteiger partial charge on any atom is 0.127 e. The standard InChI is InChI=1S/C27H37N3O/c1-21-14-15-26(22(2)20-21)31-19-11-10-18-30-25-13-7-6-12-24(25)28-27(30)23(3)29-16-8-4-5-9-17-29/h6-7,12-15,20,23H,4-5,8-11,16-19H2,1-3H3. The Balaban J connectivity index is 1.42. The molecule has 31 heavy (non-hydrogen) atoms. The van der Waals surface area contributed by atoms with Gasteiger partial charge >= 0.3 is 0 Å². The second kappa shape index (κ2) is 10.3. The summed E-state index contributed by atoms with van der Waals surface area (Å²) in [5.41, 5.74) is 4.87. The molecule has 1 aliphatic heterocycles. The number of fused-ring (bicyclic) bond motifs is 1. The number of imidazole rings is 1. The molecule has 1 unspecified atom stereocenters. The smallest absolute Gasteiger partial charge is 0.127 e. The minimum atomic E-state index is 0.358. The van der Waals surface area contributed by atoms with Gasteiger partial charge in [0.1, 0.15) is 11.6 Å². The Morgan fingerprint density at radius 1 is 0.968 bits per heavy atom. The van der Waals surface area contributed by atoms with Crippen molar-refractivity contribution in [2.75, 3.05) is 19.7 Å². The molecule has 0 aliphatic carbocycles. The number of benzene rings is 2. The molecule has 1 aromatic heterocycles. The van der Waals surface area contributed by atoms with Gasteiger partial charge in [-0.25, -0.2) is 4.98 Å². The average molecular weight is 420 g/mol. The Morgan fingerprint density at radius 3 is 2.52 bits per heavy atom. The van der Waals surface area contributed by atoms with E-state index in [1.807, 2.05) is 0 Å². The number of hydrogen-bond acceptors (Lipinski definition) is 3. The first-order valence-electron chi connectivity index (χ1n) is 12.0. The van der Waals surface area contributed by atoms with Crippen LogP contribution in [-0.4, -0.2) is 34.1 Å². The number of aryl methyl sites for hydroxylation is 3. The molecular formula is C27H37N3O. The molecule has 2 aromatic carbocycles. The zero-order chi connectivity index (χ0) is 21.6. The van der Waals surface area contributed by atoms with Crippen molar-refractivity contribution in [3.8, 4) is 5.75 Å². The maximum atomic E-state index is 6.05. The van der Waals surface area contributed by atoms with Gasteiger partial charge in [-0.3, -0.25) is 4.90 Å². The first-order valence-corrected chi connectivity index (χ1v) is 12.0. The zero-order valence-electron chi connectivity index (χ0n) is 19.4. The molecular weight excluding hydrogens is 382 g/mol. The summed E-state index contributed by atoms with van der Waals surface area (Å²) in [6, 6.07) is 15.3. The molecule has 4 nitrogen and oxygen atoms in total. The third-order valence-electron chi connectivity index (χ3n) is 6.61. The lowest BCUT2D eigenvalue weighted by molar-refractivity contribution is 0.207. The van der Waals surface area contributed by atoms with Crippen LogP contribution in [0.15, 0.2) is 42.5 Å². The van der Waals surface area contributed by atoms with Gasteiger partial charge in [0.25, 0.3) is 0 Å². The van der Waals surface area contributed by atoms with Crippen molar-refractivity contribution in [2.24, 2.45) is 0 Å². The first kappa shape index (κ1) is 21.9. The van der Waals surface area contributed by atoms with E-state index in [0.29, 0.717) is 6.04 Å². The van der Waals surface area contributed by atoms with Crippen molar-refractivity contribution in [3.05, 3.63) is 59.4 Å². The predicted octanol–water partition coefficient (Wildman–Crippen LogP) is 6.45. The van der Waals surface area contributed by atoms with Crippen LogP contribution in [0.3, 0.4) is 0 Å². The summed E-state index contributed by atoms with van der Waals surface area (Å²) in [4.78, 5) is 7.71. The van der Waals surface area contributed by atoms with E-state index in [2.05, 4.69) is 72.7 Å². The molecule has 3 aromatic rings. The highest BCUT2D eigenvalue weighted by Crippen LogP contribution is 2.27. The minimum Gasteiger partial charge on any atom is -0.493 e. The monoisotopic (exact) mass is 419 g/mol. The Bertz CT molecular complexity index is 985. The van der Waals surface area contributed by atoms with E-state index >= 15 is 0 Å². The maximum absolute atomic E-state index is 6.05. The zero-order valence-corrected chi connectivity index (χ0v) is 19.4. The van der Waals surface area contributed by atoms with E-state index in [0.717, 1.165) is 37.3 Å². The van der Waals surface area contributed by atoms with Crippen molar-refractivity contribution >= 4 is 11.0 Å². The number of likely N-dealkylation sites (tertiary alicyclic amines) is 1. The molecule has 4 rings (SSSR count). The Morgan fingerprint density at radius 2 is 1.74 bits per heavy atom. The van der Waals surface area contributed by atoms with Crippen molar-refractivity contribution in [2.45, 2.75) is 71.9 Å². The topological polar surface area (TPSA) is 30.3 Å². The Kier molecular flexibility index (Phi) is 7.29. The van der Waals surface area contributed by atoms with Gasteiger partial charge in [-0.2, -0.15) is 0 Å². The largest absolute Gasteiger partial charge is 0.493 e. The molecule has 2 heterocycles. The Labute approximate surface area is 187 Å². The van der Waals surface area contributed by atoms with Crippen LogP contribution in [0.5, 0.6) is 5.75 Å². The van der Waals surface area contributed by atoms with E-state index in [-0.39, 0.29) is 0 Å². The van der Waals surface area contributed by atoms with E-state index in [4.69, 9.17) is 9.72 Å². The normalized spacial score (nSPS) is 16.4. The van der Waals surface area contributed by atoms with Crippen LogP contribution in [0, 0.1) is 13.8 Å². The molecule has 0 spiro atoms. The van der Waals surface area contributed by atoms with Gasteiger partial charge in [0, 0.05) is 6.54 Å². The van der Waals surface area contributed by atoms with Crippen LogP contribution in [0.4, 0.5) is 0 Å². The Hall–Kier alpha value is -2.33. The van der Waals surface area contributed by atoms with Crippen LogP contribution in [-0.2, 0) is 6.54 Å². The summed E-state index contributed by atoms with van der Waals surface area (Å²) in [6.45, 7) is 10.7. The van der Waals surface area contributed by atoms with Gasteiger partial charge in [0.15, 0.2) is 0 Å². The van der Waals surface area contributed by atoms with E-state index in [1.54, 1.807) is 0 Å². The number of nitrogens with zero attached hydrogens (tertiary/aromatic N) is 3. The van der Waals surface area contributed by atoms with Crippen LogP contribution in [0.1, 0.15) is 68.4 Å². The first-order chi connectivity index (χ1) is 15.1. The second-order valence-corrected chi connectivity index (χ2v) is 9.06. The summed E-state index contributed by atoms with van der Waals surface area (Å²) in [5.74, 6) is 2.23.